The molecular formula is C30H36N2O5. The maximum atomic E-state index is 11.8. The van der Waals surface area contributed by atoms with E-state index in [9.17, 15) is 9.59 Å². The summed E-state index contributed by atoms with van der Waals surface area (Å²) in [5, 5.41) is 5.53. The first-order valence-electron chi connectivity index (χ1n) is 12.5. The summed E-state index contributed by atoms with van der Waals surface area (Å²) in [6.07, 6.45) is 0.755. The van der Waals surface area contributed by atoms with Gasteiger partial charge in [0.05, 0.1) is 6.61 Å². The predicted molar refractivity (Wildman–Crippen MR) is 144 cm³/mol. The lowest BCUT2D eigenvalue weighted by molar-refractivity contribution is 0.0523. The minimum Gasteiger partial charge on any atom is -0.494 e. The highest BCUT2D eigenvalue weighted by Gasteiger charge is 2.15. The van der Waals surface area contributed by atoms with Gasteiger partial charge in [-0.3, -0.25) is 0 Å². The Morgan fingerprint density at radius 2 is 1.51 bits per heavy atom. The summed E-state index contributed by atoms with van der Waals surface area (Å²) >= 11 is 0. The molecule has 3 aromatic rings. The molecule has 196 valence electrons. The molecule has 0 saturated heterocycles. The van der Waals surface area contributed by atoms with Crippen LogP contribution < -0.4 is 15.4 Å². The van der Waals surface area contributed by atoms with Gasteiger partial charge < -0.3 is 24.8 Å². The van der Waals surface area contributed by atoms with Crippen LogP contribution in [0.15, 0.2) is 78.9 Å². The molecule has 0 radical (unpaired) electrons. The van der Waals surface area contributed by atoms with Gasteiger partial charge in [-0.1, -0.05) is 66.7 Å². The third kappa shape index (κ3) is 10.7. The van der Waals surface area contributed by atoms with Crippen molar-refractivity contribution in [2.24, 2.45) is 0 Å². The van der Waals surface area contributed by atoms with Crippen molar-refractivity contribution in [3.8, 4) is 16.9 Å². The fourth-order valence-corrected chi connectivity index (χ4v) is 3.45. The Morgan fingerprint density at radius 1 is 0.757 bits per heavy atom. The molecule has 0 spiro atoms. The first kappa shape index (κ1) is 27.6. The van der Waals surface area contributed by atoms with Crippen LogP contribution >= 0.6 is 0 Å². The summed E-state index contributed by atoms with van der Waals surface area (Å²) in [4.78, 5) is 23.6. The second-order valence-corrected chi connectivity index (χ2v) is 9.62. The van der Waals surface area contributed by atoms with E-state index in [1.165, 1.54) is 0 Å². The molecule has 0 saturated carbocycles. The molecule has 0 aliphatic rings. The van der Waals surface area contributed by atoms with Crippen molar-refractivity contribution < 1.29 is 23.8 Å². The number of hydrogen-bond acceptors (Lipinski definition) is 5. The van der Waals surface area contributed by atoms with Gasteiger partial charge in [0, 0.05) is 13.1 Å². The summed E-state index contributed by atoms with van der Waals surface area (Å²) in [5.41, 5.74) is 3.53. The fourth-order valence-electron chi connectivity index (χ4n) is 3.45. The normalized spacial score (nSPS) is 10.9. The standard InChI is InChI=1S/C30H36N2O5/c1-30(2,3)37-29(34)32-21-23-14-16-25(17-15-23)26-12-9-13-27(20-26)35-19-8-7-18-31-28(33)36-22-24-10-5-4-6-11-24/h4-6,9-17,20H,7-8,18-19,21-22H2,1-3H3,(H,31,33)(H,32,34). The Bertz CT molecular complexity index is 1120. The highest BCUT2D eigenvalue weighted by molar-refractivity contribution is 5.68. The molecule has 3 aromatic carbocycles. The number of carbonyl (C=O) groups is 2. The molecule has 2 N–H and O–H groups in total. The van der Waals surface area contributed by atoms with E-state index in [2.05, 4.69) is 10.6 Å². The quantitative estimate of drug-likeness (QED) is 0.293. The second-order valence-electron chi connectivity index (χ2n) is 9.62. The predicted octanol–water partition coefficient (Wildman–Crippen LogP) is 6.46. The molecule has 0 bridgehead atoms. The van der Waals surface area contributed by atoms with E-state index in [1.54, 1.807) is 0 Å². The van der Waals surface area contributed by atoms with Crippen LogP contribution in [0.2, 0.25) is 0 Å². The maximum Gasteiger partial charge on any atom is 0.407 e. The summed E-state index contributed by atoms with van der Waals surface area (Å²) in [5.74, 6) is 0.795. The molecule has 0 fully saturated rings. The van der Waals surface area contributed by atoms with Gasteiger partial charge in [-0.15, -0.1) is 0 Å². The molecule has 7 heteroatoms. The van der Waals surface area contributed by atoms with Crippen molar-refractivity contribution in [1.29, 1.82) is 0 Å². The third-order valence-electron chi connectivity index (χ3n) is 5.28. The van der Waals surface area contributed by atoms with E-state index in [0.717, 1.165) is 40.8 Å². The van der Waals surface area contributed by atoms with Gasteiger partial charge in [0.2, 0.25) is 0 Å². The van der Waals surface area contributed by atoms with E-state index in [4.69, 9.17) is 14.2 Å². The SMILES string of the molecule is CC(C)(C)OC(=O)NCc1ccc(-c2cccc(OCCCCNC(=O)OCc3ccccc3)c2)cc1. The Labute approximate surface area is 219 Å². The van der Waals surface area contributed by atoms with Gasteiger partial charge in [-0.05, 0) is 68.0 Å². The van der Waals surface area contributed by atoms with Crippen LogP contribution in [0, 0.1) is 0 Å². The number of unbranched alkanes of at least 4 members (excludes halogenated alkanes) is 1. The zero-order valence-electron chi connectivity index (χ0n) is 21.8. The molecule has 3 rings (SSSR count). The molecule has 7 nitrogen and oxygen atoms in total. The van der Waals surface area contributed by atoms with Gasteiger partial charge in [0.15, 0.2) is 0 Å². The van der Waals surface area contributed by atoms with Crippen molar-refractivity contribution >= 4 is 12.2 Å². The van der Waals surface area contributed by atoms with Crippen LogP contribution in [-0.2, 0) is 22.6 Å². The Kier molecular flexibility index (Phi) is 10.4. The van der Waals surface area contributed by atoms with Crippen LogP contribution in [0.5, 0.6) is 5.75 Å². The van der Waals surface area contributed by atoms with Crippen molar-refractivity contribution in [1.82, 2.24) is 10.6 Å². The highest BCUT2D eigenvalue weighted by atomic mass is 16.6. The van der Waals surface area contributed by atoms with E-state index >= 15 is 0 Å². The lowest BCUT2D eigenvalue weighted by Gasteiger charge is -2.19. The van der Waals surface area contributed by atoms with E-state index in [1.807, 2.05) is 99.6 Å². The molecule has 0 heterocycles. The number of ether oxygens (including phenoxy) is 3. The fraction of sp³-hybridized carbons (Fsp3) is 0.333. The average molecular weight is 505 g/mol. The molecule has 0 unspecified atom stereocenters. The van der Waals surface area contributed by atoms with Crippen LogP contribution in [0.3, 0.4) is 0 Å². The Balaban J connectivity index is 1.35. The largest absolute Gasteiger partial charge is 0.494 e. The second kappa shape index (κ2) is 13.9. The molecule has 2 amide bonds. The summed E-state index contributed by atoms with van der Waals surface area (Å²) in [7, 11) is 0. The van der Waals surface area contributed by atoms with E-state index in [-0.39, 0.29) is 6.61 Å². The van der Waals surface area contributed by atoms with Crippen molar-refractivity contribution in [2.45, 2.75) is 52.4 Å². The first-order valence-corrected chi connectivity index (χ1v) is 12.5. The zero-order valence-corrected chi connectivity index (χ0v) is 21.8. The van der Waals surface area contributed by atoms with Crippen LogP contribution in [0.25, 0.3) is 11.1 Å². The van der Waals surface area contributed by atoms with Crippen molar-refractivity contribution in [3.05, 3.63) is 90.0 Å². The van der Waals surface area contributed by atoms with Crippen molar-refractivity contribution in [2.75, 3.05) is 13.2 Å². The summed E-state index contributed by atoms with van der Waals surface area (Å²) in [6.45, 7) is 7.26. The molecule has 0 aliphatic carbocycles. The maximum absolute atomic E-state index is 11.8. The molecule has 0 aliphatic heterocycles. The number of amides is 2. The molecule has 37 heavy (non-hydrogen) atoms. The third-order valence-corrected chi connectivity index (χ3v) is 5.28. The highest BCUT2D eigenvalue weighted by Crippen LogP contribution is 2.24. The number of alkyl carbamates (subject to hydrolysis) is 2. The van der Waals surface area contributed by atoms with Crippen LogP contribution in [0.1, 0.15) is 44.7 Å². The minimum atomic E-state index is -0.519. The molecular weight excluding hydrogens is 468 g/mol. The summed E-state index contributed by atoms with van der Waals surface area (Å²) < 4.78 is 16.4. The van der Waals surface area contributed by atoms with Gasteiger partial charge in [-0.2, -0.15) is 0 Å². The first-order chi connectivity index (χ1) is 17.8. The van der Waals surface area contributed by atoms with E-state index < -0.39 is 17.8 Å². The summed E-state index contributed by atoms with van der Waals surface area (Å²) in [6, 6.07) is 25.5. The smallest absolute Gasteiger partial charge is 0.407 e. The molecule has 0 atom stereocenters. The number of hydrogen-bond donors (Lipinski definition) is 2. The van der Waals surface area contributed by atoms with Gasteiger partial charge in [0.1, 0.15) is 18.0 Å². The van der Waals surface area contributed by atoms with E-state index in [0.29, 0.717) is 19.7 Å². The lowest BCUT2D eigenvalue weighted by atomic mass is 10.0. The van der Waals surface area contributed by atoms with Gasteiger partial charge >= 0.3 is 12.2 Å². The number of nitrogens with one attached hydrogen (secondary N) is 2. The monoisotopic (exact) mass is 504 g/mol. The number of benzene rings is 3. The number of rotatable bonds is 11. The van der Waals surface area contributed by atoms with Gasteiger partial charge in [0.25, 0.3) is 0 Å². The molecule has 0 aromatic heterocycles. The minimum absolute atomic E-state index is 0.262. The lowest BCUT2D eigenvalue weighted by Crippen LogP contribution is -2.32. The average Bonchev–Trinajstić information content (AvgIpc) is 2.88. The Morgan fingerprint density at radius 3 is 2.24 bits per heavy atom. The zero-order chi connectivity index (χ0) is 26.5. The topological polar surface area (TPSA) is 85.9 Å². The van der Waals surface area contributed by atoms with Crippen molar-refractivity contribution in [3.63, 3.8) is 0 Å². The van der Waals surface area contributed by atoms with Crippen LogP contribution in [-0.4, -0.2) is 30.9 Å². The van der Waals surface area contributed by atoms with Gasteiger partial charge in [-0.25, -0.2) is 9.59 Å². The Hall–Kier alpha value is -4.00. The number of carbonyl (C=O) groups excluding carboxylic acids is 2. The van der Waals surface area contributed by atoms with Crippen LogP contribution in [0.4, 0.5) is 9.59 Å².